The summed E-state index contributed by atoms with van der Waals surface area (Å²) in [5.74, 6) is 1.12. The van der Waals surface area contributed by atoms with Crippen molar-refractivity contribution < 1.29 is 9.53 Å². The standard InChI is InChI=1S/C14H21NO2/c1-9(2)11(4)15-14(16)12-7-6-10(3)13(8-12)17-5/h6-9,11H,1-5H3,(H,15,16). The number of carbonyl (C=O) groups excluding carboxylic acids is 1. The molecule has 0 saturated heterocycles. The van der Waals surface area contributed by atoms with Gasteiger partial charge in [0.2, 0.25) is 0 Å². The van der Waals surface area contributed by atoms with Crippen molar-refractivity contribution in [3.63, 3.8) is 0 Å². The van der Waals surface area contributed by atoms with Crippen LogP contribution in [0.15, 0.2) is 18.2 Å². The van der Waals surface area contributed by atoms with Gasteiger partial charge < -0.3 is 10.1 Å². The van der Waals surface area contributed by atoms with Gasteiger partial charge in [0.25, 0.3) is 5.91 Å². The number of benzene rings is 1. The molecule has 0 radical (unpaired) electrons. The lowest BCUT2D eigenvalue weighted by Crippen LogP contribution is -2.36. The molecule has 3 heteroatoms. The summed E-state index contributed by atoms with van der Waals surface area (Å²) in [6, 6.07) is 5.65. The van der Waals surface area contributed by atoms with Crippen molar-refractivity contribution in [1.82, 2.24) is 5.32 Å². The lowest BCUT2D eigenvalue weighted by molar-refractivity contribution is 0.0930. The Hall–Kier alpha value is -1.51. The Morgan fingerprint density at radius 2 is 1.94 bits per heavy atom. The van der Waals surface area contributed by atoms with Gasteiger partial charge in [0, 0.05) is 11.6 Å². The second-order valence-corrected chi connectivity index (χ2v) is 4.69. The molecule has 1 aromatic carbocycles. The van der Waals surface area contributed by atoms with E-state index in [1.54, 1.807) is 13.2 Å². The zero-order valence-electron chi connectivity index (χ0n) is 11.2. The Bertz CT molecular complexity index is 399. The zero-order chi connectivity index (χ0) is 13.0. The van der Waals surface area contributed by atoms with Gasteiger partial charge in [0.1, 0.15) is 5.75 Å². The Morgan fingerprint density at radius 3 is 2.47 bits per heavy atom. The first-order valence-corrected chi connectivity index (χ1v) is 5.91. The number of nitrogens with one attached hydrogen (secondary N) is 1. The fourth-order valence-electron chi connectivity index (χ4n) is 1.42. The molecule has 0 saturated carbocycles. The van der Waals surface area contributed by atoms with E-state index in [0.29, 0.717) is 11.5 Å². The van der Waals surface area contributed by atoms with Crippen LogP contribution in [0.4, 0.5) is 0 Å². The highest BCUT2D eigenvalue weighted by Gasteiger charge is 2.13. The predicted molar refractivity (Wildman–Crippen MR) is 69.5 cm³/mol. The molecule has 1 atom stereocenters. The van der Waals surface area contributed by atoms with Crippen molar-refractivity contribution in [2.75, 3.05) is 7.11 Å². The van der Waals surface area contributed by atoms with Crippen LogP contribution in [0.3, 0.4) is 0 Å². The highest BCUT2D eigenvalue weighted by Crippen LogP contribution is 2.19. The molecule has 1 N–H and O–H groups in total. The SMILES string of the molecule is COc1cc(C(=O)NC(C)C(C)C)ccc1C. The van der Waals surface area contributed by atoms with Crippen molar-refractivity contribution in [2.45, 2.75) is 33.7 Å². The highest BCUT2D eigenvalue weighted by molar-refractivity contribution is 5.94. The van der Waals surface area contributed by atoms with E-state index in [1.807, 2.05) is 26.0 Å². The molecule has 0 spiro atoms. The molecule has 0 aromatic heterocycles. The number of amides is 1. The first kappa shape index (κ1) is 13.6. The molecule has 3 nitrogen and oxygen atoms in total. The third kappa shape index (κ3) is 3.48. The summed E-state index contributed by atoms with van der Waals surface area (Å²) in [7, 11) is 1.61. The summed E-state index contributed by atoms with van der Waals surface area (Å²) < 4.78 is 5.21. The monoisotopic (exact) mass is 235 g/mol. The number of carbonyl (C=O) groups is 1. The summed E-state index contributed by atoms with van der Waals surface area (Å²) in [6.07, 6.45) is 0. The van der Waals surface area contributed by atoms with Crippen LogP contribution in [0.5, 0.6) is 5.75 Å². The van der Waals surface area contributed by atoms with E-state index in [-0.39, 0.29) is 11.9 Å². The lowest BCUT2D eigenvalue weighted by Gasteiger charge is -2.17. The maximum atomic E-state index is 12.0. The van der Waals surface area contributed by atoms with Gasteiger partial charge in [-0.1, -0.05) is 19.9 Å². The number of ether oxygens (including phenoxy) is 1. The minimum Gasteiger partial charge on any atom is -0.496 e. The first-order valence-electron chi connectivity index (χ1n) is 5.91. The Labute approximate surface area is 103 Å². The van der Waals surface area contributed by atoms with Crippen LogP contribution in [-0.4, -0.2) is 19.1 Å². The number of aryl methyl sites for hydroxylation is 1. The molecule has 94 valence electrons. The topological polar surface area (TPSA) is 38.3 Å². The quantitative estimate of drug-likeness (QED) is 0.871. The predicted octanol–water partition coefficient (Wildman–Crippen LogP) is 2.78. The van der Waals surface area contributed by atoms with Gasteiger partial charge in [0.05, 0.1) is 7.11 Å². The van der Waals surface area contributed by atoms with E-state index in [2.05, 4.69) is 19.2 Å². The number of hydrogen-bond donors (Lipinski definition) is 1. The lowest BCUT2D eigenvalue weighted by atomic mass is 10.1. The Morgan fingerprint density at radius 1 is 1.29 bits per heavy atom. The van der Waals surface area contributed by atoms with Crippen LogP contribution >= 0.6 is 0 Å². The minimum absolute atomic E-state index is 0.0514. The molecule has 1 rings (SSSR count). The fraction of sp³-hybridized carbons (Fsp3) is 0.500. The largest absolute Gasteiger partial charge is 0.496 e. The molecular formula is C14H21NO2. The van der Waals surface area contributed by atoms with E-state index >= 15 is 0 Å². The van der Waals surface area contributed by atoms with E-state index < -0.39 is 0 Å². The Kier molecular flexibility index (Phi) is 4.55. The average molecular weight is 235 g/mol. The molecule has 1 unspecified atom stereocenters. The zero-order valence-corrected chi connectivity index (χ0v) is 11.2. The maximum Gasteiger partial charge on any atom is 0.251 e. The van der Waals surface area contributed by atoms with Crippen LogP contribution in [0.2, 0.25) is 0 Å². The van der Waals surface area contributed by atoms with Gasteiger partial charge in [-0.2, -0.15) is 0 Å². The van der Waals surface area contributed by atoms with Crippen molar-refractivity contribution in [3.05, 3.63) is 29.3 Å². The van der Waals surface area contributed by atoms with E-state index in [9.17, 15) is 4.79 Å². The summed E-state index contributed by atoms with van der Waals surface area (Å²) in [5.41, 5.74) is 1.67. The van der Waals surface area contributed by atoms with Crippen molar-refractivity contribution >= 4 is 5.91 Å². The van der Waals surface area contributed by atoms with Gasteiger partial charge in [-0.3, -0.25) is 4.79 Å². The van der Waals surface area contributed by atoms with Gasteiger partial charge in [-0.25, -0.2) is 0 Å². The number of methoxy groups -OCH3 is 1. The molecule has 0 aliphatic carbocycles. The molecule has 1 aromatic rings. The van der Waals surface area contributed by atoms with Crippen LogP contribution in [-0.2, 0) is 0 Å². The third-order valence-electron chi connectivity index (χ3n) is 3.03. The molecule has 0 aliphatic heterocycles. The smallest absolute Gasteiger partial charge is 0.251 e. The van der Waals surface area contributed by atoms with Gasteiger partial charge in [0.15, 0.2) is 0 Å². The van der Waals surface area contributed by atoms with Crippen molar-refractivity contribution in [2.24, 2.45) is 5.92 Å². The number of rotatable bonds is 4. The van der Waals surface area contributed by atoms with E-state index in [1.165, 1.54) is 0 Å². The highest BCUT2D eigenvalue weighted by atomic mass is 16.5. The van der Waals surface area contributed by atoms with Crippen LogP contribution < -0.4 is 10.1 Å². The first-order chi connectivity index (χ1) is 7.95. The second-order valence-electron chi connectivity index (χ2n) is 4.69. The van der Waals surface area contributed by atoms with Gasteiger partial charge in [-0.05, 0) is 37.5 Å². The van der Waals surface area contributed by atoms with Crippen molar-refractivity contribution in [1.29, 1.82) is 0 Å². The summed E-state index contributed by atoms with van der Waals surface area (Å²) in [6.45, 7) is 8.13. The molecule has 0 bridgehead atoms. The molecule has 0 heterocycles. The normalized spacial score (nSPS) is 12.4. The van der Waals surface area contributed by atoms with E-state index in [0.717, 1.165) is 11.3 Å². The van der Waals surface area contributed by atoms with Crippen molar-refractivity contribution in [3.8, 4) is 5.75 Å². The maximum absolute atomic E-state index is 12.0. The molecular weight excluding hydrogens is 214 g/mol. The van der Waals surface area contributed by atoms with Crippen LogP contribution in [0.25, 0.3) is 0 Å². The molecule has 0 fully saturated rings. The summed E-state index contributed by atoms with van der Waals surface area (Å²) in [5, 5.41) is 2.97. The second kappa shape index (κ2) is 5.71. The number of hydrogen-bond acceptors (Lipinski definition) is 2. The Balaban J connectivity index is 2.82. The van der Waals surface area contributed by atoms with Crippen LogP contribution in [0.1, 0.15) is 36.7 Å². The summed E-state index contributed by atoms with van der Waals surface area (Å²) in [4.78, 5) is 12.0. The van der Waals surface area contributed by atoms with E-state index in [4.69, 9.17) is 4.74 Å². The molecule has 0 aliphatic rings. The minimum atomic E-state index is -0.0514. The third-order valence-corrected chi connectivity index (χ3v) is 3.03. The summed E-state index contributed by atoms with van der Waals surface area (Å²) >= 11 is 0. The van der Waals surface area contributed by atoms with Gasteiger partial charge >= 0.3 is 0 Å². The molecule has 1 amide bonds. The average Bonchev–Trinajstić information content (AvgIpc) is 2.29. The fourth-order valence-corrected chi connectivity index (χ4v) is 1.42. The van der Waals surface area contributed by atoms with Gasteiger partial charge in [-0.15, -0.1) is 0 Å². The molecule has 17 heavy (non-hydrogen) atoms. The van der Waals surface area contributed by atoms with Crippen LogP contribution in [0, 0.1) is 12.8 Å².